The summed E-state index contributed by atoms with van der Waals surface area (Å²) in [6.45, 7) is 8.88. The van der Waals surface area contributed by atoms with Crippen LogP contribution in [0.2, 0.25) is 0 Å². The summed E-state index contributed by atoms with van der Waals surface area (Å²) >= 11 is 0. The third-order valence-electron chi connectivity index (χ3n) is 2.61. The van der Waals surface area contributed by atoms with E-state index in [0.717, 1.165) is 18.3 Å². The van der Waals surface area contributed by atoms with Crippen molar-refractivity contribution in [3.05, 3.63) is 16.9 Å². The Morgan fingerprint density at radius 1 is 1.45 bits per heavy atom. The molecule has 1 fully saturated rings. The van der Waals surface area contributed by atoms with Crippen LogP contribution < -0.4 is 0 Å². The first-order valence-electron chi connectivity index (χ1n) is 4.58. The Bertz CT molecular complexity index is 204. The van der Waals surface area contributed by atoms with Crippen molar-refractivity contribution in [2.75, 3.05) is 0 Å². The van der Waals surface area contributed by atoms with E-state index in [-0.39, 0.29) is 0 Å². The fraction of sp³-hybridized carbons (Fsp3) is 0.727. The highest BCUT2D eigenvalue weighted by atomic mass is 14.4. The average molecular weight is 150 g/mol. The highest BCUT2D eigenvalue weighted by Gasteiger charge is 2.33. The van der Waals surface area contributed by atoms with E-state index < -0.39 is 0 Å². The summed E-state index contributed by atoms with van der Waals surface area (Å²) in [7, 11) is 0. The molecule has 1 aliphatic carbocycles. The minimum Gasteiger partial charge on any atom is -0.123 e. The van der Waals surface area contributed by atoms with Gasteiger partial charge in [-0.1, -0.05) is 13.8 Å². The van der Waals surface area contributed by atoms with Crippen molar-refractivity contribution in [1.29, 1.82) is 0 Å². The van der Waals surface area contributed by atoms with E-state index in [1.807, 2.05) is 0 Å². The molecule has 0 aromatic heterocycles. The topological polar surface area (TPSA) is 0 Å². The zero-order valence-electron chi connectivity index (χ0n) is 8.07. The molecule has 1 saturated carbocycles. The summed E-state index contributed by atoms with van der Waals surface area (Å²) in [4.78, 5) is 0. The molecule has 0 aromatic carbocycles. The van der Waals surface area contributed by atoms with Gasteiger partial charge in [0.25, 0.3) is 0 Å². The van der Waals surface area contributed by atoms with Gasteiger partial charge in [0.1, 0.15) is 0 Å². The van der Waals surface area contributed by atoms with Crippen LogP contribution in [-0.2, 0) is 0 Å². The Hall–Kier alpha value is -0.480. The lowest BCUT2D eigenvalue weighted by atomic mass is 10.1. The summed E-state index contributed by atoms with van der Waals surface area (Å²) in [5, 5.41) is 0. The first kappa shape index (κ1) is 8.62. The van der Waals surface area contributed by atoms with E-state index in [0.29, 0.717) is 0 Å². The molecule has 0 N–H and O–H groups in total. The van der Waals surface area contributed by atoms with Crippen LogP contribution in [0.4, 0.5) is 0 Å². The van der Waals surface area contributed by atoms with Crippen LogP contribution in [0.25, 0.3) is 0 Å². The maximum absolute atomic E-state index is 3.46. The lowest BCUT2D eigenvalue weighted by Gasteiger charge is -1.93. The van der Waals surface area contributed by atoms with Crippen molar-refractivity contribution in [2.24, 2.45) is 11.8 Å². The van der Waals surface area contributed by atoms with Crippen LogP contribution in [0.3, 0.4) is 0 Å². The second-order valence-corrected chi connectivity index (χ2v) is 3.76. The van der Waals surface area contributed by atoms with Crippen LogP contribution in [0.1, 0.15) is 40.5 Å². The molecule has 0 heteroatoms. The monoisotopic (exact) mass is 150 g/mol. The van der Waals surface area contributed by atoms with Crippen LogP contribution in [0.15, 0.2) is 16.9 Å². The Morgan fingerprint density at radius 3 is 2.36 bits per heavy atom. The van der Waals surface area contributed by atoms with Gasteiger partial charge in [0.15, 0.2) is 0 Å². The summed E-state index contributed by atoms with van der Waals surface area (Å²) in [5.74, 6) is 1.78. The van der Waals surface area contributed by atoms with E-state index in [1.54, 1.807) is 0 Å². The summed E-state index contributed by atoms with van der Waals surface area (Å²) < 4.78 is 0. The molecule has 1 aliphatic rings. The molecule has 0 nitrogen and oxygen atoms in total. The van der Waals surface area contributed by atoms with Gasteiger partial charge in [-0.2, -0.15) is 0 Å². The SMILES string of the molecule is CCC(C)=C=C(C)C1CC1C. The molecule has 11 heavy (non-hydrogen) atoms. The molecule has 0 amide bonds. The average Bonchev–Trinajstić information content (AvgIpc) is 2.66. The molecule has 0 aromatic rings. The third kappa shape index (κ3) is 2.24. The van der Waals surface area contributed by atoms with Gasteiger partial charge in [-0.3, -0.25) is 0 Å². The Labute approximate surface area is 70.0 Å². The molecular weight excluding hydrogens is 132 g/mol. The second kappa shape index (κ2) is 3.28. The van der Waals surface area contributed by atoms with Crippen molar-refractivity contribution in [1.82, 2.24) is 0 Å². The van der Waals surface area contributed by atoms with Crippen LogP contribution in [0, 0.1) is 11.8 Å². The normalized spacial score (nSPS) is 27.6. The molecule has 0 heterocycles. The van der Waals surface area contributed by atoms with Gasteiger partial charge >= 0.3 is 0 Å². The first-order valence-corrected chi connectivity index (χ1v) is 4.58. The molecule has 2 atom stereocenters. The Kier molecular flexibility index (Phi) is 2.57. The largest absolute Gasteiger partial charge is 0.123 e. The molecule has 0 radical (unpaired) electrons. The van der Waals surface area contributed by atoms with Crippen molar-refractivity contribution >= 4 is 0 Å². The highest BCUT2D eigenvalue weighted by molar-refractivity contribution is 5.14. The maximum atomic E-state index is 3.46. The number of hydrogen-bond acceptors (Lipinski definition) is 0. The Morgan fingerprint density at radius 2 is 2.00 bits per heavy atom. The van der Waals surface area contributed by atoms with Gasteiger partial charge in [0, 0.05) is 0 Å². The second-order valence-electron chi connectivity index (χ2n) is 3.76. The van der Waals surface area contributed by atoms with Crippen molar-refractivity contribution in [2.45, 2.75) is 40.5 Å². The summed E-state index contributed by atoms with van der Waals surface area (Å²) in [6.07, 6.45) is 2.52. The summed E-state index contributed by atoms with van der Waals surface area (Å²) in [5.41, 5.74) is 6.31. The van der Waals surface area contributed by atoms with Crippen LogP contribution in [-0.4, -0.2) is 0 Å². The number of allylic oxidation sites excluding steroid dienone is 1. The zero-order chi connectivity index (χ0) is 8.43. The molecule has 0 bridgehead atoms. The van der Waals surface area contributed by atoms with Gasteiger partial charge in [-0.05, 0) is 49.7 Å². The number of rotatable bonds is 2. The van der Waals surface area contributed by atoms with Crippen LogP contribution >= 0.6 is 0 Å². The van der Waals surface area contributed by atoms with E-state index in [1.165, 1.54) is 17.6 Å². The van der Waals surface area contributed by atoms with E-state index in [4.69, 9.17) is 0 Å². The summed E-state index contributed by atoms with van der Waals surface area (Å²) in [6, 6.07) is 0. The predicted octanol–water partition coefficient (Wildman–Crippen LogP) is 3.54. The van der Waals surface area contributed by atoms with Gasteiger partial charge in [-0.25, -0.2) is 0 Å². The van der Waals surface area contributed by atoms with Gasteiger partial charge < -0.3 is 0 Å². The first-order chi connectivity index (χ1) is 5.15. The van der Waals surface area contributed by atoms with Gasteiger partial charge in [-0.15, -0.1) is 5.73 Å². The molecule has 0 saturated heterocycles. The zero-order valence-corrected chi connectivity index (χ0v) is 8.07. The molecule has 62 valence electrons. The molecule has 2 unspecified atom stereocenters. The molecular formula is C11H18. The quantitative estimate of drug-likeness (QED) is 0.528. The van der Waals surface area contributed by atoms with E-state index in [2.05, 4.69) is 33.4 Å². The maximum Gasteiger partial charge on any atom is -0.0101 e. The van der Waals surface area contributed by atoms with E-state index >= 15 is 0 Å². The fourth-order valence-electron chi connectivity index (χ4n) is 1.44. The number of hydrogen-bond donors (Lipinski definition) is 0. The molecule has 0 spiro atoms. The predicted molar refractivity (Wildman–Crippen MR) is 49.4 cm³/mol. The van der Waals surface area contributed by atoms with Crippen molar-refractivity contribution in [3.8, 4) is 0 Å². The standard InChI is InChI=1S/C11H18/c1-5-8(2)6-9(3)11-7-10(11)4/h10-11H,5,7H2,1-4H3. The van der Waals surface area contributed by atoms with E-state index in [9.17, 15) is 0 Å². The van der Waals surface area contributed by atoms with Gasteiger partial charge in [0.05, 0.1) is 0 Å². The minimum absolute atomic E-state index is 0.858. The lowest BCUT2D eigenvalue weighted by molar-refractivity contribution is 0.855. The highest BCUT2D eigenvalue weighted by Crippen LogP contribution is 2.42. The third-order valence-corrected chi connectivity index (χ3v) is 2.61. The molecule has 0 aliphatic heterocycles. The minimum atomic E-state index is 0.858. The fourth-order valence-corrected chi connectivity index (χ4v) is 1.44. The smallest absolute Gasteiger partial charge is 0.0101 e. The Balaban J connectivity index is 2.65. The van der Waals surface area contributed by atoms with Crippen LogP contribution in [0.5, 0.6) is 0 Å². The van der Waals surface area contributed by atoms with Crippen molar-refractivity contribution in [3.63, 3.8) is 0 Å². The van der Waals surface area contributed by atoms with Gasteiger partial charge in [0.2, 0.25) is 0 Å². The van der Waals surface area contributed by atoms with Crippen molar-refractivity contribution < 1.29 is 0 Å². The lowest BCUT2D eigenvalue weighted by Crippen LogP contribution is -1.79. The molecule has 1 rings (SSSR count).